The molecule has 1 aliphatic heterocycles. The van der Waals surface area contributed by atoms with Gasteiger partial charge < -0.3 is 10.1 Å². The zero-order valence-electron chi connectivity index (χ0n) is 13.1. The van der Waals surface area contributed by atoms with Crippen molar-refractivity contribution in [3.05, 3.63) is 53.6 Å². The molecular formula is C16H14F2N2O4S. The number of hydrogen-bond acceptors (Lipinski definition) is 4. The average Bonchev–Trinajstić information content (AvgIpc) is 2.55. The fraction of sp³-hybridized carbons (Fsp3) is 0.188. The maximum atomic E-state index is 13.2. The molecule has 0 unspecified atom stereocenters. The standard InChI is InChI=1S/C16H14F2N2O4S/c1-25(22,23)20-6-7-24-15-5-3-11(9-14(15)20)19-16(21)10-2-4-12(17)13(18)8-10/h2-5,8-9H,6-7H2,1H3,(H,19,21). The fourth-order valence-corrected chi connectivity index (χ4v) is 3.36. The van der Waals surface area contributed by atoms with E-state index in [-0.39, 0.29) is 18.7 Å². The van der Waals surface area contributed by atoms with Crippen molar-refractivity contribution in [2.45, 2.75) is 0 Å². The Balaban J connectivity index is 1.89. The van der Waals surface area contributed by atoms with Gasteiger partial charge in [-0.3, -0.25) is 9.10 Å². The number of halogens is 2. The summed E-state index contributed by atoms with van der Waals surface area (Å²) in [6, 6.07) is 7.31. The van der Waals surface area contributed by atoms with Crippen molar-refractivity contribution in [1.29, 1.82) is 0 Å². The van der Waals surface area contributed by atoms with Gasteiger partial charge in [0.1, 0.15) is 12.4 Å². The van der Waals surface area contributed by atoms with E-state index in [0.717, 1.165) is 24.5 Å². The number of carbonyl (C=O) groups is 1. The third-order valence-electron chi connectivity index (χ3n) is 3.62. The third-order valence-corrected chi connectivity index (χ3v) is 4.80. The number of fused-ring (bicyclic) bond motifs is 1. The minimum absolute atomic E-state index is 0.0622. The van der Waals surface area contributed by atoms with Crippen molar-refractivity contribution >= 4 is 27.3 Å². The van der Waals surface area contributed by atoms with E-state index in [1.54, 1.807) is 0 Å². The van der Waals surface area contributed by atoms with Crippen molar-refractivity contribution in [2.24, 2.45) is 0 Å². The highest BCUT2D eigenvalue weighted by molar-refractivity contribution is 7.92. The first-order valence-electron chi connectivity index (χ1n) is 7.26. The molecule has 1 heterocycles. The van der Waals surface area contributed by atoms with Gasteiger partial charge in [0.05, 0.1) is 18.5 Å². The Bertz CT molecular complexity index is 947. The van der Waals surface area contributed by atoms with E-state index >= 15 is 0 Å². The molecule has 2 aromatic carbocycles. The summed E-state index contributed by atoms with van der Waals surface area (Å²) >= 11 is 0. The van der Waals surface area contributed by atoms with Crippen LogP contribution in [0.5, 0.6) is 5.75 Å². The first-order valence-corrected chi connectivity index (χ1v) is 9.11. The Kier molecular flexibility index (Phi) is 4.34. The Morgan fingerprint density at radius 3 is 2.60 bits per heavy atom. The molecule has 0 saturated carbocycles. The zero-order valence-corrected chi connectivity index (χ0v) is 13.9. The second kappa shape index (κ2) is 6.32. The van der Waals surface area contributed by atoms with Gasteiger partial charge in [-0.05, 0) is 36.4 Å². The van der Waals surface area contributed by atoms with Gasteiger partial charge in [-0.1, -0.05) is 0 Å². The minimum Gasteiger partial charge on any atom is -0.489 e. The maximum absolute atomic E-state index is 13.2. The highest BCUT2D eigenvalue weighted by Gasteiger charge is 2.25. The monoisotopic (exact) mass is 368 g/mol. The predicted octanol–water partition coefficient (Wildman–Crippen LogP) is 2.38. The summed E-state index contributed by atoms with van der Waals surface area (Å²) in [5, 5.41) is 2.52. The van der Waals surface area contributed by atoms with E-state index in [1.165, 1.54) is 22.5 Å². The molecule has 9 heteroatoms. The summed E-state index contributed by atoms with van der Waals surface area (Å²) in [4.78, 5) is 12.2. The smallest absolute Gasteiger partial charge is 0.255 e. The number of nitrogens with one attached hydrogen (secondary N) is 1. The first kappa shape index (κ1) is 17.2. The van der Waals surface area contributed by atoms with Gasteiger partial charge in [-0.2, -0.15) is 0 Å². The Hall–Kier alpha value is -2.68. The molecule has 0 atom stereocenters. The van der Waals surface area contributed by atoms with E-state index in [2.05, 4.69) is 5.32 Å². The van der Waals surface area contributed by atoms with Gasteiger partial charge in [0.15, 0.2) is 11.6 Å². The molecule has 25 heavy (non-hydrogen) atoms. The molecule has 1 aliphatic rings. The molecule has 0 spiro atoms. The average molecular weight is 368 g/mol. The lowest BCUT2D eigenvalue weighted by Gasteiger charge is -2.29. The fourth-order valence-electron chi connectivity index (χ4n) is 2.46. The predicted molar refractivity (Wildman–Crippen MR) is 88.4 cm³/mol. The van der Waals surface area contributed by atoms with Crippen LogP contribution in [0.4, 0.5) is 20.2 Å². The van der Waals surface area contributed by atoms with Crippen LogP contribution in [0.1, 0.15) is 10.4 Å². The van der Waals surface area contributed by atoms with Gasteiger partial charge in [-0.15, -0.1) is 0 Å². The Morgan fingerprint density at radius 1 is 1.16 bits per heavy atom. The highest BCUT2D eigenvalue weighted by atomic mass is 32.2. The summed E-state index contributed by atoms with van der Waals surface area (Å²) < 4.78 is 56.5. The number of rotatable bonds is 3. The summed E-state index contributed by atoms with van der Waals surface area (Å²) in [5.41, 5.74) is 0.539. The van der Waals surface area contributed by atoms with E-state index < -0.39 is 27.6 Å². The normalized spacial score (nSPS) is 13.8. The van der Waals surface area contributed by atoms with Crippen molar-refractivity contribution in [3.8, 4) is 5.75 Å². The van der Waals surface area contributed by atoms with Crippen molar-refractivity contribution in [1.82, 2.24) is 0 Å². The zero-order chi connectivity index (χ0) is 18.2. The number of sulfonamides is 1. The molecule has 3 rings (SSSR count). The molecule has 6 nitrogen and oxygen atoms in total. The Labute approximate surface area is 143 Å². The SMILES string of the molecule is CS(=O)(=O)N1CCOc2ccc(NC(=O)c3ccc(F)c(F)c3)cc21. The van der Waals surface area contributed by atoms with Crippen molar-refractivity contribution in [2.75, 3.05) is 29.0 Å². The van der Waals surface area contributed by atoms with Gasteiger partial charge in [0, 0.05) is 11.3 Å². The molecule has 0 bridgehead atoms. The molecule has 0 saturated heterocycles. The minimum atomic E-state index is -3.50. The van der Waals surface area contributed by atoms with E-state index in [9.17, 15) is 22.0 Å². The maximum Gasteiger partial charge on any atom is 0.255 e. The number of carbonyl (C=O) groups excluding carboxylic acids is 1. The van der Waals surface area contributed by atoms with Crippen molar-refractivity contribution < 1.29 is 26.7 Å². The van der Waals surface area contributed by atoms with Crippen LogP contribution in [-0.4, -0.2) is 33.7 Å². The Morgan fingerprint density at radius 2 is 1.92 bits per heavy atom. The van der Waals surface area contributed by atoms with Gasteiger partial charge in [0.25, 0.3) is 5.91 Å². The van der Waals surface area contributed by atoms with Gasteiger partial charge in [-0.25, -0.2) is 17.2 Å². The summed E-state index contributed by atoms with van der Waals surface area (Å²) in [5.74, 6) is -2.45. The molecule has 0 aromatic heterocycles. The van der Waals surface area contributed by atoms with Crippen LogP contribution in [-0.2, 0) is 10.0 Å². The van der Waals surface area contributed by atoms with E-state index in [1.807, 2.05) is 0 Å². The number of hydrogen-bond donors (Lipinski definition) is 1. The lowest BCUT2D eigenvalue weighted by Crippen LogP contribution is -2.37. The summed E-state index contributed by atoms with van der Waals surface area (Å²) in [6.07, 6.45) is 1.08. The number of ether oxygens (including phenoxy) is 1. The van der Waals surface area contributed by atoms with E-state index in [4.69, 9.17) is 4.74 Å². The highest BCUT2D eigenvalue weighted by Crippen LogP contribution is 2.35. The van der Waals surface area contributed by atoms with Gasteiger partial charge in [0.2, 0.25) is 10.0 Å². The van der Waals surface area contributed by atoms with Crippen molar-refractivity contribution in [3.63, 3.8) is 0 Å². The lowest BCUT2D eigenvalue weighted by atomic mass is 10.2. The van der Waals surface area contributed by atoms with Crippen LogP contribution in [0.25, 0.3) is 0 Å². The number of benzene rings is 2. The number of anilines is 2. The molecule has 132 valence electrons. The first-order chi connectivity index (χ1) is 11.8. The second-order valence-electron chi connectivity index (χ2n) is 5.45. The molecule has 0 radical (unpaired) electrons. The van der Waals surface area contributed by atoms with Crippen LogP contribution >= 0.6 is 0 Å². The van der Waals surface area contributed by atoms with Crippen LogP contribution in [0.3, 0.4) is 0 Å². The quantitative estimate of drug-likeness (QED) is 0.903. The molecule has 1 N–H and O–H groups in total. The van der Waals surface area contributed by atoms with Crippen LogP contribution in [0.15, 0.2) is 36.4 Å². The number of nitrogens with zero attached hydrogens (tertiary/aromatic N) is 1. The molecule has 0 aliphatic carbocycles. The largest absolute Gasteiger partial charge is 0.489 e. The molecular weight excluding hydrogens is 354 g/mol. The molecule has 1 amide bonds. The van der Waals surface area contributed by atoms with Gasteiger partial charge >= 0.3 is 0 Å². The number of amides is 1. The van der Waals surface area contributed by atoms with Crippen LogP contribution in [0.2, 0.25) is 0 Å². The summed E-state index contributed by atoms with van der Waals surface area (Å²) in [6.45, 7) is 0.382. The van der Waals surface area contributed by atoms with Crippen LogP contribution in [0, 0.1) is 11.6 Å². The van der Waals surface area contributed by atoms with E-state index in [0.29, 0.717) is 17.1 Å². The third kappa shape index (κ3) is 3.55. The topological polar surface area (TPSA) is 75.7 Å². The van der Waals surface area contributed by atoms with Crippen LogP contribution < -0.4 is 14.4 Å². The molecule has 2 aromatic rings. The summed E-state index contributed by atoms with van der Waals surface area (Å²) in [7, 11) is -3.50. The lowest BCUT2D eigenvalue weighted by molar-refractivity contribution is 0.102. The molecule has 0 fully saturated rings. The second-order valence-corrected chi connectivity index (χ2v) is 7.36.